The van der Waals surface area contributed by atoms with Crippen LogP contribution in [0.15, 0.2) is 24.3 Å². The van der Waals surface area contributed by atoms with Crippen molar-refractivity contribution < 1.29 is 4.79 Å². The molecule has 0 spiro atoms. The number of nitrogens with one attached hydrogen (secondary N) is 1. The SMILES string of the molecule is CN(C)C(=O)CCNCc1ccccc1Cl. The molecule has 1 aromatic rings. The molecule has 0 unspecified atom stereocenters. The van der Waals surface area contributed by atoms with Crippen LogP contribution in [-0.4, -0.2) is 31.4 Å². The van der Waals surface area contributed by atoms with Crippen molar-refractivity contribution in [2.45, 2.75) is 13.0 Å². The van der Waals surface area contributed by atoms with Gasteiger partial charge in [-0.2, -0.15) is 0 Å². The van der Waals surface area contributed by atoms with Crippen molar-refractivity contribution in [3.63, 3.8) is 0 Å². The molecule has 0 atom stereocenters. The highest BCUT2D eigenvalue weighted by Gasteiger charge is 2.03. The lowest BCUT2D eigenvalue weighted by atomic mass is 10.2. The average Bonchev–Trinajstić information content (AvgIpc) is 2.26. The fourth-order valence-electron chi connectivity index (χ4n) is 1.28. The van der Waals surface area contributed by atoms with E-state index in [1.807, 2.05) is 24.3 Å². The largest absolute Gasteiger partial charge is 0.349 e. The Labute approximate surface area is 101 Å². The van der Waals surface area contributed by atoms with E-state index in [2.05, 4.69) is 5.32 Å². The third-order valence-electron chi connectivity index (χ3n) is 2.29. The van der Waals surface area contributed by atoms with Crippen LogP contribution in [0.25, 0.3) is 0 Å². The van der Waals surface area contributed by atoms with Gasteiger partial charge in [0.05, 0.1) is 0 Å². The van der Waals surface area contributed by atoms with Gasteiger partial charge in [0.25, 0.3) is 0 Å². The van der Waals surface area contributed by atoms with Crippen LogP contribution in [0.2, 0.25) is 5.02 Å². The van der Waals surface area contributed by atoms with Crippen LogP contribution in [0.1, 0.15) is 12.0 Å². The molecule has 0 heterocycles. The topological polar surface area (TPSA) is 32.3 Å². The highest BCUT2D eigenvalue weighted by atomic mass is 35.5. The summed E-state index contributed by atoms with van der Waals surface area (Å²) in [6.07, 6.45) is 0.511. The summed E-state index contributed by atoms with van der Waals surface area (Å²) in [5.41, 5.74) is 1.06. The molecule has 0 aromatic heterocycles. The third kappa shape index (κ3) is 4.21. The fraction of sp³-hybridized carbons (Fsp3) is 0.417. The van der Waals surface area contributed by atoms with Gasteiger partial charge in [-0.1, -0.05) is 29.8 Å². The van der Waals surface area contributed by atoms with Crippen molar-refractivity contribution in [3.05, 3.63) is 34.9 Å². The molecule has 0 aliphatic rings. The van der Waals surface area contributed by atoms with E-state index < -0.39 is 0 Å². The van der Waals surface area contributed by atoms with Gasteiger partial charge in [0.1, 0.15) is 0 Å². The van der Waals surface area contributed by atoms with Gasteiger partial charge in [0, 0.05) is 38.6 Å². The molecule has 0 bridgehead atoms. The minimum atomic E-state index is 0.131. The first-order chi connectivity index (χ1) is 7.61. The van der Waals surface area contributed by atoms with Gasteiger partial charge in [-0.25, -0.2) is 0 Å². The maximum absolute atomic E-state index is 11.3. The van der Waals surface area contributed by atoms with Gasteiger partial charge >= 0.3 is 0 Å². The van der Waals surface area contributed by atoms with Crippen molar-refractivity contribution >= 4 is 17.5 Å². The standard InChI is InChI=1S/C12H17ClN2O/c1-15(2)12(16)7-8-14-9-10-5-3-4-6-11(10)13/h3-6,14H,7-9H2,1-2H3. The molecule has 0 aliphatic carbocycles. The summed E-state index contributed by atoms with van der Waals surface area (Å²) in [5, 5.41) is 3.95. The summed E-state index contributed by atoms with van der Waals surface area (Å²) < 4.78 is 0. The Balaban J connectivity index is 2.26. The number of hydrogen-bond donors (Lipinski definition) is 1. The van der Waals surface area contributed by atoms with E-state index in [0.717, 1.165) is 10.6 Å². The Kier molecular flexibility index (Phi) is 5.29. The third-order valence-corrected chi connectivity index (χ3v) is 2.66. The van der Waals surface area contributed by atoms with E-state index in [-0.39, 0.29) is 5.91 Å². The predicted octanol–water partition coefficient (Wildman–Crippen LogP) is 1.91. The Morgan fingerprint density at radius 1 is 1.38 bits per heavy atom. The number of rotatable bonds is 5. The predicted molar refractivity (Wildman–Crippen MR) is 66.5 cm³/mol. The van der Waals surface area contributed by atoms with Crippen LogP contribution in [0.4, 0.5) is 0 Å². The molecule has 0 saturated carbocycles. The van der Waals surface area contributed by atoms with E-state index in [1.54, 1.807) is 19.0 Å². The number of nitrogens with zero attached hydrogens (tertiary/aromatic N) is 1. The summed E-state index contributed by atoms with van der Waals surface area (Å²) in [7, 11) is 3.52. The summed E-state index contributed by atoms with van der Waals surface area (Å²) in [6.45, 7) is 1.36. The number of carbonyl (C=O) groups is 1. The van der Waals surface area contributed by atoms with E-state index in [9.17, 15) is 4.79 Å². The molecule has 0 fully saturated rings. The second-order valence-corrected chi connectivity index (χ2v) is 4.21. The minimum Gasteiger partial charge on any atom is -0.349 e. The van der Waals surface area contributed by atoms with Crippen molar-refractivity contribution in [3.8, 4) is 0 Å². The average molecular weight is 241 g/mol. The van der Waals surface area contributed by atoms with Gasteiger partial charge in [0.2, 0.25) is 5.91 Å². The first kappa shape index (κ1) is 13.0. The van der Waals surface area contributed by atoms with Crippen molar-refractivity contribution in [2.24, 2.45) is 0 Å². The lowest BCUT2D eigenvalue weighted by molar-refractivity contribution is -0.128. The minimum absolute atomic E-state index is 0.131. The molecule has 88 valence electrons. The van der Waals surface area contributed by atoms with Crippen LogP contribution >= 0.6 is 11.6 Å². The highest BCUT2D eigenvalue weighted by Crippen LogP contribution is 2.14. The molecule has 16 heavy (non-hydrogen) atoms. The molecule has 1 N–H and O–H groups in total. The zero-order valence-electron chi connectivity index (χ0n) is 9.66. The summed E-state index contributed by atoms with van der Waals surface area (Å²) in [5.74, 6) is 0.131. The van der Waals surface area contributed by atoms with E-state index >= 15 is 0 Å². The van der Waals surface area contributed by atoms with Gasteiger partial charge < -0.3 is 10.2 Å². The van der Waals surface area contributed by atoms with Crippen LogP contribution < -0.4 is 5.32 Å². The molecule has 1 amide bonds. The van der Waals surface area contributed by atoms with E-state index in [1.165, 1.54) is 0 Å². The quantitative estimate of drug-likeness (QED) is 0.798. The maximum Gasteiger partial charge on any atom is 0.223 e. The fourth-order valence-corrected chi connectivity index (χ4v) is 1.49. The Morgan fingerprint density at radius 2 is 2.06 bits per heavy atom. The summed E-state index contributed by atoms with van der Waals surface area (Å²) in [4.78, 5) is 12.9. The first-order valence-electron chi connectivity index (χ1n) is 5.25. The Morgan fingerprint density at radius 3 is 2.69 bits per heavy atom. The molecule has 3 nitrogen and oxygen atoms in total. The number of amides is 1. The molecule has 0 radical (unpaired) electrons. The Hall–Kier alpha value is -1.06. The lowest BCUT2D eigenvalue weighted by Gasteiger charge is -2.10. The van der Waals surface area contributed by atoms with Crippen LogP contribution in [0.5, 0.6) is 0 Å². The summed E-state index contributed by atoms with van der Waals surface area (Å²) >= 11 is 6.00. The molecular weight excluding hydrogens is 224 g/mol. The highest BCUT2D eigenvalue weighted by molar-refractivity contribution is 6.31. The molecule has 0 saturated heterocycles. The monoisotopic (exact) mass is 240 g/mol. The number of carbonyl (C=O) groups excluding carboxylic acids is 1. The van der Waals surface area contributed by atoms with Crippen LogP contribution in [-0.2, 0) is 11.3 Å². The molecule has 0 aliphatic heterocycles. The van der Waals surface area contributed by atoms with Gasteiger partial charge in [-0.3, -0.25) is 4.79 Å². The van der Waals surface area contributed by atoms with Crippen LogP contribution in [0.3, 0.4) is 0 Å². The normalized spacial score (nSPS) is 10.2. The molecule has 1 rings (SSSR count). The van der Waals surface area contributed by atoms with E-state index in [0.29, 0.717) is 19.5 Å². The lowest BCUT2D eigenvalue weighted by Crippen LogP contribution is -2.26. The van der Waals surface area contributed by atoms with Gasteiger partial charge in [-0.05, 0) is 11.6 Å². The van der Waals surface area contributed by atoms with Gasteiger partial charge in [-0.15, -0.1) is 0 Å². The maximum atomic E-state index is 11.3. The van der Waals surface area contributed by atoms with Crippen molar-refractivity contribution in [1.82, 2.24) is 10.2 Å². The van der Waals surface area contributed by atoms with Gasteiger partial charge in [0.15, 0.2) is 0 Å². The first-order valence-corrected chi connectivity index (χ1v) is 5.63. The zero-order valence-corrected chi connectivity index (χ0v) is 10.4. The smallest absolute Gasteiger partial charge is 0.223 e. The Bertz CT molecular complexity index is 353. The second-order valence-electron chi connectivity index (χ2n) is 3.81. The van der Waals surface area contributed by atoms with E-state index in [4.69, 9.17) is 11.6 Å². The van der Waals surface area contributed by atoms with Crippen LogP contribution in [0, 0.1) is 0 Å². The number of benzene rings is 1. The van der Waals surface area contributed by atoms with Crippen molar-refractivity contribution in [2.75, 3.05) is 20.6 Å². The second kappa shape index (κ2) is 6.51. The molecule has 1 aromatic carbocycles. The zero-order chi connectivity index (χ0) is 12.0. The molecular formula is C12H17ClN2O. The van der Waals surface area contributed by atoms with Crippen molar-refractivity contribution in [1.29, 1.82) is 0 Å². The molecule has 4 heteroatoms. The number of hydrogen-bond acceptors (Lipinski definition) is 2. The number of halogens is 1. The summed E-state index contributed by atoms with van der Waals surface area (Å²) in [6, 6.07) is 7.70.